The van der Waals surface area contributed by atoms with Gasteiger partial charge in [0.15, 0.2) is 0 Å². The molecule has 2 aromatic rings. The second kappa shape index (κ2) is 16.6. The van der Waals surface area contributed by atoms with Gasteiger partial charge in [0, 0.05) is 42.0 Å². The Labute approximate surface area is 253 Å². The Hall–Kier alpha value is -3.65. The Morgan fingerprint density at radius 1 is 0.867 bits per heavy atom. The lowest BCUT2D eigenvalue weighted by atomic mass is 9.93. The van der Waals surface area contributed by atoms with Crippen molar-refractivity contribution in [1.82, 2.24) is 14.9 Å². The number of aliphatic carboxylic acids is 3. The smallest absolute Gasteiger partial charge is 0.475 e. The summed E-state index contributed by atoms with van der Waals surface area (Å²) >= 11 is 2.08. The van der Waals surface area contributed by atoms with E-state index in [4.69, 9.17) is 34.4 Å². The number of carbonyl (C=O) groups is 3. The molecule has 0 radical (unpaired) electrons. The van der Waals surface area contributed by atoms with Crippen LogP contribution in [0.4, 0.5) is 39.5 Å². The van der Waals surface area contributed by atoms with Crippen molar-refractivity contribution in [3.63, 3.8) is 0 Å². The van der Waals surface area contributed by atoms with Crippen LogP contribution in [0.3, 0.4) is 0 Å². The molecule has 1 atom stereocenters. The number of pyridine rings is 2. The van der Waals surface area contributed by atoms with Crippen molar-refractivity contribution in [1.29, 1.82) is 0 Å². The number of likely N-dealkylation sites (tertiary alicyclic amines) is 1. The molecule has 20 heteroatoms. The summed E-state index contributed by atoms with van der Waals surface area (Å²) in [6.07, 6.45) is -11.9. The predicted molar refractivity (Wildman–Crippen MR) is 138 cm³/mol. The lowest BCUT2D eigenvalue weighted by Gasteiger charge is -2.47. The van der Waals surface area contributed by atoms with Crippen LogP contribution in [0.5, 0.6) is 0 Å². The van der Waals surface area contributed by atoms with Crippen LogP contribution in [0, 0.1) is 6.92 Å². The molecule has 4 rings (SSSR count). The van der Waals surface area contributed by atoms with Crippen LogP contribution >= 0.6 is 11.8 Å². The fourth-order valence-corrected chi connectivity index (χ4v) is 5.22. The molecule has 2 aromatic heterocycles. The summed E-state index contributed by atoms with van der Waals surface area (Å²) in [5.74, 6) is -7.17. The number of carboxylic acids is 3. The van der Waals surface area contributed by atoms with Crippen molar-refractivity contribution in [2.75, 3.05) is 18.8 Å². The molecule has 2 aliphatic heterocycles. The Bertz CT molecular complexity index is 1200. The van der Waals surface area contributed by atoms with E-state index in [1.807, 2.05) is 24.4 Å². The molecule has 3 N–H and O–H groups in total. The van der Waals surface area contributed by atoms with E-state index in [0.717, 1.165) is 43.2 Å². The molecule has 2 fully saturated rings. The first-order valence-electron chi connectivity index (χ1n) is 12.2. The molecule has 2 aliphatic rings. The molecule has 1 spiro atoms. The predicted octanol–water partition coefficient (Wildman–Crippen LogP) is 4.96. The quantitative estimate of drug-likeness (QED) is 0.367. The molecular formula is C25H26F9N3O7S. The van der Waals surface area contributed by atoms with Gasteiger partial charge in [0.1, 0.15) is 0 Å². The molecule has 10 nitrogen and oxygen atoms in total. The largest absolute Gasteiger partial charge is 0.490 e. The number of thioether (sulfide) groups is 1. The number of halogens is 9. The zero-order chi connectivity index (χ0) is 34.6. The Kier molecular flexibility index (Phi) is 14.5. The first-order chi connectivity index (χ1) is 20.5. The number of rotatable bonds is 5. The Balaban J connectivity index is 0.000000396. The average Bonchev–Trinajstić information content (AvgIpc) is 3.32. The molecule has 252 valence electrons. The van der Waals surface area contributed by atoms with Crippen LogP contribution in [0.15, 0.2) is 42.6 Å². The van der Waals surface area contributed by atoms with Crippen LogP contribution in [-0.4, -0.2) is 96.3 Å². The highest BCUT2D eigenvalue weighted by atomic mass is 32.2. The molecule has 0 amide bonds. The number of hydrogen-bond donors (Lipinski definition) is 3. The van der Waals surface area contributed by atoms with Gasteiger partial charge in [-0.1, -0.05) is 12.1 Å². The van der Waals surface area contributed by atoms with Crippen LogP contribution in [0.25, 0.3) is 0 Å². The average molecular weight is 684 g/mol. The molecule has 0 aromatic carbocycles. The summed E-state index contributed by atoms with van der Waals surface area (Å²) in [5, 5.41) is 21.4. The lowest BCUT2D eigenvalue weighted by Crippen LogP contribution is -2.58. The number of hydrogen-bond acceptors (Lipinski definition) is 8. The molecule has 4 heterocycles. The topological polar surface area (TPSA) is 150 Å². The maximum Gasteiger partial charge on any atom is 0.490 e. The monoisotopic (exact) mass is 683 g/mol. The fraction of sp³-hybridized carbons (Fsp3) is 0.480. The van der Waals surface area contributed by atoms with Crippen molar-refractivity contribution in [2.45, 2.75) is 55.9 Å². The van der Waals surface area contributed by atoms with Gasteiger partial charge in [0.25, 0.3) is 0 Å². The first-order valence-corrected chi connectivity index (χ1v) is 13.2. The number of alkyl halides is 9. The Morgan fingerprint density at radius 3 is 1.78 bits per heavy atom. The molecule has 0 saturated carbocycles. The minimum Gasteiger partial charge on any atom is -0.475 e. The molecule has 0 aliphatic carbocycles. The highest BCUT2D eigenvalue weighted by molar-refractivity contribution is 8.01. The third-order valence-electron chi connectivity index (χ3n) is 5.45. The highest BCUT2D eigenvalue weighted by Gasteiger charge is 2.49. The molecule has 2 saturated heterocycles. The van der Waals surface area contributed by atoms with Crippen molar-refractivity contribution in [3.05, 3.63) is 59.7 Å². The maximum absolute atomic E-state index is 10.6. The second-order valence-electron chi connectivity index (χ2n) is 9.28. The van der Waals surface area contributed by atoms with Crippen molar-refractivity contribution < 1.29 is 74.0 Å². The van der Waals surface area contributed by atoms with E-state index in [-0.39, 0.29) is 0 Å². The van der Waals surface area contributed by atoms with Crippen LogP contribution in [0.1, 0.15) is 23.5 Å². The molecule has 45 heavy (non-hydrogen) atoms. The number of carboxylic acid groups (broad SMARTS) is 3. The van der Waals surface area contributed by atoms with Gasteiger partial charge >= 0.3 is 36.4 Å². The number of aromatic nitrogens is 2. The standard InChI is InChI=1S/C19H23N3OS.3C2HF3O2/c1-15-5-4-7-16(21-15)10-22-13-19(14-22)9-18(12-24-19)23-11-17-6-2-3-8-20-17;3*3-2(4,5)1(6)7/h2-8,18H,9-14H2,1H3;3*(H,6,7). The number of aryl methyl sites for hydroxylation is 1. The Morgan fingerprint density at radius 2 is 1.36 bits per heavy atom. The summed E-state index contributed by atoms with van der Waals surface area (Å²) in [6, 6.07) is 12.3. The van der Waals surface area contributed by atoms with Crippen LogP contribution in [-0.2, 0) is 32.3 Å². The van der Waals surface area contributed by atoms with E-state index >= 15 is 0 Å². The minimum absolute atomic E-state index is 0.358. The van der Waals surface area contributed by atoms with Crippen LogP contribution in [0.2, 0.25) is 0 Å². The van der Waals surface area contributed by atoms with Crippen molar-refractivity contribution >= 4 is 29.7 Å². The summed E-state index contributed by atoms with van der Waals surface area (Å²) in [7, 11) is 0. The number of ether oxygens (including phenoxy) is 1. The molecule has 0 bridgehead atoms. The van der Waals surface area contributed by atoms with Gasteiger partial charge in [0.05, 0.1) is 24.1 Å². The SMILES string of the molecule is Cc1cccc(CN2CC3(CC(OCc4ccccn4)CS3)C2)n1.O=C(O)C(F)(F)F.O=C(O)C(F)(F)F.O=C(O)C(F)(F)F. The first kappa shape index (κ1) is 39.4. The van der Waals surface area contributed by atoms with E-state index in [0.29, 0.717) is 17.5 Å². The van der Waals surface area contributed by atoms with E-state index in [1.165, 1.54) is 5.69 Å². The van der Waals surface area contributed by atoms with E-state index in [1.54, 1.807) is 0 Å². The summed E-state index contributed by atoms with van der Waals surface area (Å²) in [5.41, 5.74) is 3.29. The van der Waals surface area contributed by atoms with Gasteiger partial charge in [-0.25, -0.2) is 14.4 Å². The lowest BCUT2D eigenvalue weighted by molar-refractivity contribution is -0.193. The molecule has 1 unspecified atom stereocenters. The van der Waals surface area contributed by atoms with Crippen LogP contribution < -0.4 is 0 Å². The van der Waals surface area contributed by atoms with Crippen molar-refractivity contribution in [3.8, 4) is 0 Å². The highest BCUT2D eigenvalue weighted by Crippen LogP contribution is 2.46. The van der Waals surface area contributed by atoms with Gasteiger partial charge < -0.3 is 20.1 Å². The normalized spacial score (nSPS) is 17.3. The van der Waals surface area contributed by atoms with E-state index in [9.17, 15) is 39.5 Å². The zero-order valence-corrected chi connectivity index (χ0v) is 23.8. The third-order valence-corrected chi connectivity index (χ3v) is 7.03. The van der Waals surface area contributed by atoms with Gasteiger partial charge in [-0.15, -0.1) is 11.8 Å². The zero-order valence-electron chi connectivity index (χ0n) is 23.0. The maximum atomic E-state index is 10.6. The summed E-state index contributed by atoms with van der Waals surface area (Å²) in [6.45, 7) is 5.94. The van der Waals surface area contributed by atoms with E-state index < -0.39 is 36.4 Å². The fourth-order valence-electron chi connectivity index (χ4n) is 3.61. The van der Waals surface area contributed by atoms with Gasteiger partial charge in [-0.3, -0.25) is 14.9 Å². The van der Waals surface area contributed by atoms with Gasteiger partial charge in [-0.2, -0.15) is 39.5 Å². The van der Waals surface area contributed by atoms with Crippen molar-refractivity contribution in [2.24, 2.45) is 0 Å². The second-order valence-corrected chi connectivity index (χ2v) is 10.8. The number of nitrogens with zero attached hydrogens (tertiary/aromatic N) is 3. The summed E-state index contributed by atoms with van der Waals surface area (Å²) < 4.78 is 102. The minimum atomic E-state index is -5.08. The van der Waals surface area contributed by atoms with Gasteiger partial charge in [-0.05, 0) is 37.6 Å². The summed E-state index contributed by atoms with van der Waals surface area (Å²) in [4.78, 5) is 38.1. The van der Waals surface area contributed by atoms with E-state index in [2.05, 4.69) is 51.8 Å². The third kappa shape index (κ3) is 15.3. The molecular weight excluding hydrogens is 657 g/mol. The van der Waals surface area contributed by atoms with Gasteiger partial charge in [0.2, 0.25) is 0 Å².